The largest absolute Gasteiger partial charge is 0.311 e. The summed E-state index contributed by atoms with van der Waals surface area (Å²) in [4.78, 5) is 5.33. The average Bonchev–Trinajstić information content (AvgIpc) is 2.37. The van der Waals surface area contributed by atoms with Gasteiger partial charge in [-0.2, -0.15) is 0 Å². The van der Waals surface area contributed by atoms with Crippen LogP contribution in [0.2, 0.25) is 0 Å². The second kappa shape index (κ2) is 6.11. The van der Waals surface area contributed by atoms with E-state index in [9.17, 15) is 0 Å². The van der Waals surface area contributed by atoms with Crippen molar-refractivity contribution >= 4 is 0 Å². The van der Waals surface area contributed by atoms with Gasteiger partial charge in [-0.25, -0.2) is 0 Å². The summed E-state index contributed by atoms with van der Waals surface area (Å²) in [6.07, 6.45) is 4.02. The molecule has 2 saturated heterocycles. The Hall–Kier alpha value is -0.120. The minimum atomic E-state index is 0.359. The van der Waals surface area contributed by atoms with Gasteiger partial charge in [0, 0.05) is 37.8 Å². The van der Waals surface area contributed by atoms with Gasteiger partial charge in [-0.3, -0.25) is 4.90 Å². The Labute approximate surface area is 119 Å². The van der Waals surface area contributed by atoms with Gasteiger partial charge in [0.1, 0.15) is 0 Å². The fraction of sp³-hybridized carbons (Fsp3) is 1.00. The molecule has 3 heteroatoms. The Morgan fingerprint density at radius 1 is 1.21 bits per heavy atom. The van der Waals surface area contributed by atoms with Crippen LogP contribution in [0.3, 0.4) is 0 Å². The van der Waals surface area contributed by atoms with Crippen molar-refractivity contribution in [1.82, 2.24) is 15.1 Å². The number of nitrogens with one attached hydrogen (secondary N) is 1. The lowest BCUT2D eigenvalue weighted by atomic mass is 9.83. The Bertz CT molecular complexity index is 284. The first kappa shape index (κ1) is 15.3. The summed E-state index contributed by atoms with van der Waals surface area (Å²) in [6.45, 7) is 14.4. The molecule has 2 aliphatic rings. The van der Waals surface area contributed by atoms with Crippen LogP contribution in [-0.4, -0.2) is 61.2 Å². The fourth-order valence-electron chi connectivity index (χ4n) is 3.64. The highest BCUT2D eigenvalue weighted by atomic mass is 15.3. The summed E-state index contributed by atoms with van der Waals surface area (Å²) >= 11 is 0. The highest BCUT2D eigenvalue weighted by Crippen LogP contribution is 2.27. The minimum Gasteiger partial charge on any atom is -0.311 e. The third-order valence-electron chi connectivity index (χ3n) is 5.05. The van der Waals surface area contributed by atoms with Crippen LogP contribution >= 0.6 is 0 Å². The van der Waals surface area contributed by atoms with E-state index in [0.717, 1.165) is 12.1 Å². The van der Waals surface area contributed by atoms with E-state index in [2.05, 4.69) is 49.9 Å². The van der Waals surface area contributed by atoms with Crippen LogP contribution in [0.25, 0.3) is 0 Å². The number of piperidine rings is 1. The fourth-order valence-corrected chi connectivity index (χ4v) is 3.64. The van der Waals surface area contributed by atoms with Crippen molar-refractivity contribution < 1.29 is 0 Å². The predicted molar refractivity (Wildman–Crippen MR) is 82.5 cm³/mol. The first-order valence-corrected chi connectivity index (χ1v) is 8.09. The summed E-state index contributed by atoms with van der Waals surface area (Å²) in [6, 6.07) is 2.13. The molecule has 19 heavy (non-hydrogen) atoms. The zero-order chi connectivity index (χ0) is 14.0. The number of rotatable bonds is 2. The van der Waals surface area contributed by atoms with Crippen LogP contribution in [-0.2, 0) is 0 Å². The second-order valence-corrected chi connectivity index (χ2v) is 7.64. The van der Waals surface area contributed by atoms with Crippen LogP contribution in [0.1, 0.15) is 47.0 Å². The van der Waals surface area contributed by atoms with Gasteiger partial charge in [0.2, 0.25) is 0 Å². The van der Waals surface area contributed by atoms with E-state index in [4.69, 9.17) is 0 Å². The van der Waals surface area contributed by atoms with E-state index >= 15 is 0 Å². The molecule has 0 amide bonds. The average molecular weight is 267 g/mol. The summed E-state index contributed by atoms with van der Waals surface area (Å²) < 4.78 is 0. The lowest BCUT2D eigenvalue weighted by Crippen LogP contribution is -2.64. The van der Waals surface area contributed by atoms with E-state index in [1.807, 2.05) is 0 Å². The van der Waals surface area contributed by atoms with Crippen molar-refractivity contribution in [2.75, 3.05) is 33.2 Å². The Morgan fingerprint density at radius 2 is 1.95 bits per heavy atom. The molecule has 0 saturated carbocycles. The van der Waals surface area contributed by atoms with Gasteiger partial charge in [-0.15, -0.1) is 0 Å². The maximum absolute atomic E-state index is 3.79. The van der Waals surface area contributed by atoms with Crippen molar-refractivity contribution in [3.05, 3.63) is 0 Å². The number of hydrogen-bond donors (Lipinski definition) is 1. The van der Waals surface area contributed by atoms with Crippen LogP contribution < -0.4 is 5.32 Å². The molecule has 2 aliphatic heterocycles. The maximum atomic E-state index is 3.79. The lowest BCUT2D eigenvalue weighted by Gasteiger charge is -2.49. The highest BCUT2D eigenvalue weighted by molar-refractivity contribution is 4.95. The number of likely N-dealkylation sites (tertiary alicyclic amines) is 1. The number of hydrogen-bond acceptors (Lipinski definition) is 3. The zero-order valence-electron chi connectivity index (χ0n) is 13.6. The van der Waals surface area contributed by atoms with Crippen LogP contribution in [0, 0.1) is 5.41 Å². The highest BCUT2D eigenvalue weighted by Gasteiger charge is 2.37. The topological polar surface area (TPSA) is 18.5 Å². The molecule has 2 heterocycles. The third kappa shape index (κ3) is 3.71. The minimum absolute atomic E-state index is 0.359. The van der Waals surface area contributed by atoms with Gasteiger partial charge in [-0.05, 0) is 38.3 Å². The molecule has 3 nitrogen and oxygen atoms in total. The standard InChI is InChI=1S/C16H33N3/c1-6-13-10-17-15(16(2,3)4)12-19(13)14-8-7-9-18(5)11-14/h13-15,17H,6-12H2,1-5H3. The van der Waals surface area contributed by atoms with Gasteiger partial charge in [0.25, 0.3) is 0 Å². The SMILES string of the molecule is CCC1CNC(C(C)(C)C)CN1C1CCCN(C)C1. The van der Waals surface area contributed by atoms with E-state index in [1.54, 1.807) is 0 Å². The van der Waals surface area contributed by atoms with Gasteiger partial charge >= 0.3 is 0 Å². The van der Waals surface area contributed by atoms with E-state index in [1.165, 1.54) is 45.4 Å². The molecule has 0 aromatic heterocycles. The normalized spacial score (nSPS) is 35.5. The van der Waals surface area contributed by atoms with Crippen molar-refractivity contribution in [2.24, 2.45) is 5.41 Å². The molecule has 1 N–H and O–H groups in total. The summed E-state index contributed by atoms with van der Waals surface area (Å²) in [5.41, 5.74) is 0.359. The summed E-state index contributed by atoms with van der Waals surface area (Å²) in [5, 5.41) is 3.79. The van der Waals surface area contributed by atoms with Crippen LogP contribution in [0.15, 0.2) is 0 Å². The van der Waals surface area contributed by atoms with Crippen LogP contribution in [0.5, 0.6) is 0 Å². The lowest BCUT2D eigenvalue weighted by molar-refractivity contribution is 0.0196. The molecule has 3 atom stereocenters. The third-order valence-corrected chi connectivity index (χ3v) is 5.05. The first-order chi connectivity index (χ1) is 8.91. The van der Waals surface area contributed by atoms with Gasteiger partial charge < -0.3 is 10.2 Å². The molecule has 0 aliphatic carbocycles. The predicted octanol–water partition coefficient (Wildman–Crippen LogP) is 2.18. The molecule has 3 unspecified atom stereocenters. The van der Waals surface area contributed by atoms with Crippen molar-refractivity contribution in [3.8, 4) is 0 Å². The van der Waals surface area contributed by atoms with Crippen molar-refractivity contribution in [1.29, 1.82) is 0 Å². The maximum Gasteiger partial charge on any atom is 0.0244 e. The molecule has 0 bridgehead atoms. The molecular formula is C16H33N3. The monoisotopic (exact) mass is 267 g/mol. The Morgan fingerprint density at radius 3 is 2.53 bits per heavy atom. The molecule has 2 rings (SSSR count). The molecular weight excluding hydrogens is 234 g/mol. The quantitative estimate of drug-likeness (QED) is 0.827. The molecule has 0 spiro atoms. The summed E-state index contributed by atoms with van der Waals surface area (Å²) in [7, 11) is 2.27. The molecule has 0 radical (unpaired) electrons. The van der Waals surface area contributed by atoms with Gasteiger partial charge in [0.15, 0.2) is 0 Å². The number of nitrogens with zero attached hydrogens (tertiary/aromatic N) is 2. The zero-order valence-corrected chi connectivity index (χ0v) is 13.6. The molecule has 0 aromatic carbocycles. The van der Waals surface area contributed by atoms with Crippen molar-refractivity contribution in [3.63, 3.8) is 0 Å². The van der Waals surface area contributed by atoms with E-state index in [-0.39, 0.29) is 0 Å². The smallest absolute Gasteiger partial charge is 0.0244 e. The van der Waals surface area contributed by atoms with E-state index in [0.29, 0.717) is 11.5 Å². The Balaban J connectivity index is 2.05. The van der Waals surface area contributed by atoms with Gasteiger partial charge in [-0.1, -0.05) is 27.7 Å². The van der Waals surface area contributed by atoms with Crippen molar-refractivity contribution in [2.45, 2.75) is 65.1 Å². The van der Waals surface area contributed by atoms with Crippen LogP contribution in [0.4, 0.5) is 0 Å². The molecule has 0 aromatic rings. The second-order valence-electron chi connectivity index (χ2n) is 7.64. The molecule has 2 fully saturated rings. The van der Waals surface area contributed by atoms with Gasteiger partial charge in [0.05, 0.1) is 0 Å². The van der Waals surface area contributed by atoms with E-state index < -0.39 is 0 Å². The number of likely N-dealkylation sites (N-methyl/N-ethyl adjacent to an activating group) is 1. The summed E-state index contributed by atoms with van der Waals surface area (Å²) in [5.74, 6) is 0. The first-order valence-electron chi connectivity index (χ1n) is 8.09. The number of piperazine rings is 1. The molecule has 112 valence electrons. The Kier molecular flexibility index (Phi) is 4.91.